The van der Waals surface area contributed by atoms with Crippen LogP contribution in [-0.4, -0.2) is 5.78 Å². The number of carbonyl (C=O) groups is 1. The molecule has 0 aromatic heterocycles. The van der Waals surface area contributed by atoms with Gasteiger partial charge in [0.15, 0.2) is 5.78 Å². The van der Waals surface area contributed by atoms with E-state index >= 15 is 0 Å². The van der Waals surface area contributed by atoms with Gasteiger partial charge in [0.1, 0.15) is 0 Å². The first-order chi connectivity index (χ1) is 7.22. The van der Waals surface area contributed by atoms with E-state index in [-0.39, 0.29) is 11.7 Å². The number of rotatable bonds is 4. The van der Waals surface area contributed by atoms with Crippen molar-refractivity contribution in [2.24, 2.45) is 5.92 Å². The highest BCUT2D eigenvalue weighted by Gasteiger charge is 2.15. The lowest BCUT2D eigenvalue weighted by Crippen LogP contribution is -2.12. The number of hydrogen-bond acceptors (Lipinski definition) is 2. The van der Waals surface area contributed by atoms with Crippen molar-refractivity contribution in [1.82, 2.24) is 0 Å². The Balaban J connectivity index is 2.88. The highest BCUT2D eigenvalue weighted by molar-refractivity contribution is 5.97. The quantitative estimate of drug-likeness (QED) is 0.702. The lowest BCUT2D eigenvalue weighted by atomic mass is 9.93. The summed E-state index contributed by atoms with van der Waals surface area (Å²) >= 11 is 0. The third kappa shape index (κ3) is 2.66. The van der Waals surface area contributed by atoms with Crippen LogP contribution in [0.25, 0.3) is 0 Å². The fourth-order valence-corrected chi connectivity index (χ4v) is 1.60. The van der Waals surface area contributed by atoms with Crippen LogP contribution >= 0.6 is 0 Å². The topological polar surface area (TPSA) is 40.9 Å². The molecule has 78 valence electrons. The Hall–Kier alpha value is -1.62. The average molecular weight is 201 g/mol. The number of carbonyl (C=O) groups excluding carboxylic acids is 1. The van der Waals surface area contributed by atoms with Gasteiger partial charge in [0.05, 0.1) is 11.6 Å². The number of ketones is 1. The SMILES string of the molecule is CCC(CC)C(=O)c1ccc(C#N)cc1. The molecular formula is C13H15NO. The molecule has 1 aromatic rings. The molecule has 0 fully saturated rings. The third-order valence-electron chi connectivity index (χ3n) is 2.65. The van der Waals surface area contributed by atoms with Crippen LogP contribution in [0.4, 0.5) is 0 Å². The molecule has 0 N–H and O–H groups in total. The summed E-state index contributed by atoms with van der Waals surface area (Å²) < 4.78 is 0. The van der Waals surface area contributed by atoms with Crippen LogP contribution in [0.1, 0.15) is 42.6 Å². The highest BCUT2D eigenvalue weighted by Crippen LogP contribution is 2.16. The Labute approximate surface area is 90.5 Å². The molecule has 0 aliphatic heterocycles. The van der Waals surface area contributed by atoms with Gasteiger partial charge in [-0.25, -0.2) is 0 Å². The maximum absolute atomic E-state index is 11.9. The Morgan fingerprint density at radius 3 is 2.20 bits per heavy atom. The molecule has 1 aromatic carbocycles. The summed E-state index contributed by atoms with van der Waals surface area (Å²) in [6.07, 6.45) is 1.74. The van der Waals surface area contributed by atoms with Crippen LogP contribution < -0.4 is 0 Å². The number of nitriles is 1. The summed E-state index contributed by atoms with van der Waals surface area (Å²) in [5, 5.41) is 8.63. The monoisotopic (exact) mass is 201 g/mol. The molecule has 0 heterocycles. The minimum absolute atomic E-state index is 0.109. The number of Topliss-reactive ketones (excluding diaryl/α,β-unsaturated/α-hetero) is 1. The summed E-state index contributed by atoms with van der Waals surface area (Å²) in [7, 11) is 0. The van der Waals surface area contributed by atoms with Gasteiger partial charge in [0.25, 0.3) is 0 Å². The first-order valence-corrected chi connectivity index (χ1v) is 5.27. The van der Waals surface area contributed by atoms with E-state index in [4.69, 9.17) is 5.26 Å². The molecule has 1 rings (SSSR count). The summed E-state index contributed by atoms with van der Waals surface area (Å²) in [6, 6.07) is 8.89. The zero-order valence-electron chi connectivity index (χ0n) is 9.16. The van der Waals surface area contributed by atoms with Crippen LogP contribution in [0.15, 0.2) is 24.3 Å². The van der Waals surface area contributed by atoms with Gasteiger partial charge in [-0.15, -0.1) is 0 Å². The van der Waals surface area contributed by atoms with Crippen molar-refractivity contribution >= 4 is 5.78 Å². The normalized spacial score (nSPS) is 10.0. The van der Waals surface area contributed by atoms with Crippen molar-refractivity contribution in [2.75, 3.05) is 0 Å². The minimum atomic E-state index is 0.109. The lowest BCUT2D eigenvalue weighted by Gasteiger charge is -2.10. The molecule has 0 spiro atoms. The second kappa shape index (κ2) is 5.31. The van der Waals surface area contributed by atoms with E-state index in [0.717, 1.165) is 12.8 Å². The molecule has 0 radical (unpaired) electrons. The fraction of sp³-hybridized carbons (Fsp3) is 0.385. The smallest absolute Gasteiger partial charge is 0.165 e. The molecule has 2 heteroatoms. The molecule has 0 saturated heterocycles. The second-order valence-electron chi connectivity index (χ2n) is 3.57. The Morgan fingerprint density at radius 2 is 1.80 bits per heavy atom. The second-order valence-corrected chi connectivity index (χ2v) is 3.57. The van der Waals surface area contributed by atoms with Gasteiger partial charge in [0.2, 0.25) is 0 Å². The van der Waals surface area contributed by atoms with Crippen molar-refractivity contribution in [2.45, 2.75) is 26.7 Å². The van der Waals surface area contributed by atoms with Gasteiger partial charge in [-0.3, -0.25) is 4.79 Å². The molecule has 0 bridgehead atoms. The summed E-state index contributed by atoms with van der Waals surface area (Å²) in [6.45, 7) is 4.05. The van der Waals surface area contributed by atoms with Gasteiger partial charge in [0, 0.05) is 11.5 Å². The van der Waals surface area contributed by atoms with Crippen molar-refractivity contribution in [1.29, 1.82) is 5.26 Å². The zero-order valence-corrected chi connectivity index (χ0v) is 9.16. The molecule has 0 atom stereocenters. The lowest BCUT2D eigenvalue weighted by molar-refractivity contribution is 0.0913. The largest absolute Gasteiger partial charge is 0.294 e. The molecule has 0 amide bonds. The van der Waals surface area contributed by atoms with Crippen LogP contribution in [0.3, 0.4) is 0 Å². The Morgan fingerprint density at radius 1 is 1.27 bits per heavy atom. The molecule has 0 aliphatic rings. The fourth-order valence-electron chi connectivity index (χ4n) is 1.60. The molecule has 0 saturated carbocycles. The highest BCUT2D eigenvalue weighted by atomic mass is 16.1. The Bertz CT molecular complexity index is 369. The minimum Gasteiger partial charge on any atom is -0.294 e. The first kappa shape index (κ1) is 11.5. The molecular weight excluding hydrogens is 186 g/mol. The van der Waals surface area contributed by atoms with Gasteiger partial charge in [-0.1, -0.05) is 26.0 Å². The maximum atomic E-state index is 11.9. The number of benzene rings is 1. The first-order valence-electron chi connectivity index (χ1n) is 5.27. The summed E-state index contributed by atoms with van der Waals surface area (Å²) in [4.78, 5) is 11.9. The van der Waals surface area contributed by atoms with Gasteiger partial charge < -0.3 is 0 Å². The summed E-state index contributed by atoms with van der Waals surface area (Å²) in [5.74, 6) is 0.294. The van der Waals surface area contributed by atoms with Crippen molar-refractivity contribution in [3.8, 4) is 6.07 Å². The number of hydrogen-bond donors (Lipinski definition) is 0. The molecule has 0 unspecified atom stereocenters. The van der Waals surface area contributed by atoms with Crippen LogP contribution in [-0.2, 0) is 0 Å². The number of nitrogens with zero attached hydrogens (tertiary/aromatic N) is 1. The summed E-state index contributed by atoms with van der Waals surface area (Å²) in [5.41, 5.74) is 1.30. The van der Waals surface area contributed by atoms with Gasteiger partial charge in [-0.2, -0.15) is 5.26 Å². The van der Waals surface area contributed by atoms with Crippen LogP contribution in [0, 0.1) is 17.2 Å². The molecule has 15 heavy (non-hydrogen) atoms. The van der Waals surface area contributed by atoms with E-state index in [2.05, 4.69) is 0 Å². The van der Waals surface area contributed by atoms with Crippen LogP contribution in [0.2, 0.25) is 0 Å². The van der Waals surface area contributed by atoms with Crippen molar-refractivity contribution in [3.05, 3.63) is 35.4 Å². The van der Waals surface area contributed by atoms with E-state index in [9.17, 15) is 4.79 Å². The van der Waals surface area contributed by atoms with E-state index in [1.54, 1.807) is 24.3 Å². The average Bonchev–Trinajstić information content (AvgIpc) is 2.30. The van der Waals surface area contributed by atoms with Crippen molar-refractivity contribution < 1.29 is 4.79 Å². The van der Waals surface area contributed by atoms with Gasteiger partial charge in [-0.05, 0) is 25.0 Å². The predicted octanol–water partition coefficient (Wildman–Crippen LogP) is 3.18. The van der Waals surface area contributed by atoms with E-state index in [1.165, 1.54) is 0 Å². The van der Waals surface area contributed by atoms with Crippen LogP contribution in [0.5, 0.6) is 0 Å². The predicted molar refractivity (Wildman–Crippen MR) is 59.6 cm³/mol. The van der Waals surface area contributed by atoms with Crippen molar-refractivity contribution in [3.63, 3.8) is 0 Å². The standard InChI is InChI=1S/C13H15NO/c1-3-11(4-2)13(15)12-7-5-10(9-14)6-8-12/h5-8,11H,3-4H2,1-2H3. The van der Waals surface area contributed by atoms with E-state index in [1.807, 2.05) is 19.9 Å². The van der Waals surface area contributed by atoms with Gasteiger partial charge >= 0.3 is 0 Å². The molecule has 2 nitrogen and oxygen atoms in total. The third-order valence-corrected chi connectivity index (χ3v) is 2.65. The van der Waals surface area contributed by atoms with E-state index < -0.39 is 0 Å². The van der Waals surface area contributed by atoms with E-state index in [0.29, 0.717) is 11.1 Å². The maximum Gasteiger partial charge on any atom is 0.165 e. The molecule has 0 aliphatic carbocycles. The zero-order chi connectivity index (χ0) is 11.3. The Kier molecular flexibility index (Phi) is 4.05.